The summed E-state index contributed by atoms with van der Waals surface area (Å²) in [7, 11) is 0. The van der Waals surface area contributed by atoms with Crippen molar-refractivity contribution in [2.24, 2.45) is 0 Å². The summed E-state index contributed by atoms with van der Waals surface area (Å²) >= 11 is 0. The zero-order valence-electron chi connectivity index (χ0n) is 17.3. The number of carbonyl (C=O) groups excluding carboxylic acids is 2. The molecule has 0 radical (unpaired) electrons. The fourth-order valence-corrected chi connectivity index (χ4v) is 3.17. The van der Waals surface area contributed by atoms with Gasteiger partial charge in [0.25, 0.3) is 0 Å². The third kappa shape index (κ3) is 6.12. The van der Waals surface area contributed by atoms with Crippen LogP contribution in [0.2, 0.25) is 0 Å². The predicted octanol–water partition coefficient (Wildman–Crippen LogP) is 4.04. The number of hydrogen-bond donors (Lipinski definition) is 0. The maximum absolute atomic E-state index is 12.8. The zero-order chi connectivity index (χ0) is 20.2. The van der Waals surface area contributed by atoms with E-state index in [1.165, 1.54) is 0 Å². The van der Waals surface area contributed by atoms with Crippen molar-refractivity contribution in [3.63, 3.8) is 0 Å². The Kier molecular flexibility index (Phi) is 6.98. The summed E-state index contributed by atoms with van der Waals surface area (Å²) in [5, 5.41) is 0. The van der Waals surface area contributed by atoms with Gasteiger partial charge in [0.2, 0.25) is 0 Å². The lowest BCUT2D eigenvalue weighted by molar-refractivity contribution is -0.0442. The van der Waals surface area contributed by atoms with Crippen LogP contribution in [0.4, 0.5) is 9.59 Å². The minimum absolute atomic E-state index is 0.346. The lowest BCUT2D eigenvalue weighted by Crippen LogP contribution is -2.65. The van der Waals surface area contributed by atoms with Gasteiger partial charge in [0.05, 0.1) is 5.54 Å². The van der Waals surface area contributed by atoms with E-state index in [-0.39, 0.29) is 12.2 Å². The Morgan fingerprint density at radius 1 is 1.04 bits per heavy atom. The van der Waals surface area contributed by atoms with Gasteiger partial charge in [0.15, 0.2) is 0 Å². The van der Waals surface area contributed by atoms with Crippen molar-refractivity contribution in [2.75, 3.05) is 19.6 Å². The van der Waals surface area contributed by atoms with Crippen LogP contribution in [0, 0.1) is 12.3 Å². The number of carbonyl (C=O) groups is 2. The van der Waals surface area contributed by atoms with Gasteiger partial charge >= 0.3 is 12.2 Å². The second-order valence-corrected chi connectivity index (χ2v) is 8.89. The predicted molar refractivity (Wildman–Crippen MR) is 102 cm³/mol. The van der Waals surface area contributed by atoms with E-state index in [1.807, 2.05) is 48.5 Å². The molecular weight excluding hydrogens is 332 g/mol. The molecule has 1 aliphatic rings. The normalized spacial score (nSPS) is 21.2. The zero-order valence-corrected chi connectivity index (χ0v) is 17.3. The fourth-order valence-electron chi connectivity index (χ4n) is 3.17. The molecule has 1 aliphatic heterocycles. The van der Waals surface area contributed by atoms with Crippen LogP contribution in [-0.4, -0.2) is 58.4 Å². The summed E-state index contributed by atoms with van der Waals surface area (Å²) in [5.41, 5.74) is -1.80. The highest BCUT2D eigenvalue weighted by atomic mass is 16.6. The van der Waals surface area contributed by atoms with E-state index in [2.05, 4.69) is 5.92 Å². The molecule has 0 bridgehead atoms. The van der Waals surface area contributed by atoms with Gasteiger partial charge in [-0.25, -0.2) is 9.59 Å². The summed E-state index contributed by atoms with van der Waals surface area (Å²) in [6, 6.07) is 0. The number of rotatable bonds is 3. The molecule has 0 aromatic carbocycles. The number of terminal acetylenes is 1. The van der Waals surface area contributed by atoms with Gasteiger partial charge < -0.3 is 14.4 Å². The van der Waals surface area contributed by atoms with Crippen molar-refractivity contribution in [3.05, 3.63) is 0 Å². The summed E-state index contributed by atoms with van der Waals surface area (Å²) in [6.07, 6.45) is 6.75. The fraction of sp³-hybridized carbons (Fsp3) is 0.800. The summed E-state index contributed by atoms with van der Waals surface area (Å²) in [5.74, 6) is 2.69. The number of piperazine rings is 1. The lowest BCUT2D eigenvalue weighted by Gasteiger charge is -2.50. The van der Waals surface area contributed by atoms with Crippen LogP contribution in [0.5, 0.6) is 0 Å². The second kappa shape index (κ2) is 8.20. The summed E-state index contributed by atoms with van der Waals surface area (Å²) < 4.78 is 11.1. The van der Waals surface area contributed by atoms with Crippen molar-refractivity contribution >= 4 is 12.2 Å². The van der Waals surface area contributed by atoms with Crippen LogP contribution in [0.1, 0.15) is 67.7 Å². The number of amides is 2. The third-order valence-electron chi connectivity index (χ3n) is 4.06. The quantitative estimate of drug-likeness (QED) is 0.708. The van der Waals surface area contributed by atoms with Crippen LogP contribution >= 0.6 is 0 Å². The minimum Gasteiger partial charge on any atom is -0.444 e. The highest BCUT2D eigenvalue weighted by molar-refractivity contribution is 5.72. The maximum atomic E-state index is 12.8. The Hall–Kier alpha value is -1.90. The van der Waals surface area contributed by atoms with E-state index in [1.54, 1.807) is 9.80 Å². The van der Waals surface area contributed by atoms with Crippen molar-refractivity contribution in [1.29, 1.82) is 0 Å². The Labute approximate surface area is 158 Å². The average Bonchev–Trinajstić information content (AvgIpc) is 2.43. The van der Waals surface area contributed by atoms with Crippen LogP contribution in [-0.2, 0) is 9.47 Å². The van der Waals surface area contributed by atoms with Crippen molar-refractivity contribution in [3.8, 4) is 12.3 Å². The van der Waals surface area contributed by atoms with E-state index >= 15 is 0 Å². The number of ether oxygens (including phenoxy) is 2. The molecule has 1 fully saturated rings. The first-order chi connectivity index (χ1) is 11.8. The molecule has 6 heteroatoms. The molecule has 1 heterocycles. The molecule has 6 nitrogen and oxygen atoms in total. The van der Waals surface area contributed by atoms with Crippen LogP contribution < -0.4 is 0 Å². The van der Waals surface area contributed by atoms with Gasteiger partial charge in [0.1, 0.15) is 11.2 Å². The molecule has 0 aliphatic carbocycles. The Bertz CT molecular complexity index is 554. The standard InChI is InChI=1S/C20H34N2O4/c1-9-11-20(12-10-2)15-21(16(23)25-18(3,4)5)13-14-22(20)17(24)26-19(6,7)8/h1H,10-15H2,2-8H3. The van der Waals surface area contributed by atoms with Gasteiger partial charge in [0, 0.05) is 26.1 Å². The van der Waals surface area contributed by atoms with E-state index in [9.17, 15) is 9.59 Å². The molecular formula is C20H34N2O4. The van der Waals surface area contributed by atoms with Gasteiger partial charge in [-0.2, -0.15) is 0 Å². The van der Waals surface area contributed by atoms with Crippen molar-refractivity contribution in [2.45, 2.75) is 84.5 Å². The van der Waals surface area contributed by atoms with Crippen LogP contribution in [0.15, 0.2) is 0 Å². The Morgan fingerprint density at radius 3 is 2.04 bits per heavy atom. The molecule has 1 unspecified atom stereocenters. The number of nitrogens with zero attached hydrogens (tertiary/aromatic N) is 2. The highest BCUT2D eigenvalue weighted by Crippen LogP contribution is 2.32. The van der Waals surface area contributed by atoms with E-state index in [4.69, 9.17) is 15.9 Å². The summed E-state index contributed by atoms with van der Waals surface area (Å²) in [6.45, 7) is 14.2. The molecule has 26 heavy (non-hydrogen) atoms. The SMILES string of the molecule is C#CCC1(CCC)CN(C(=O)OC(C)(C)C)CCN1C(=O)OC(C)(C)C. The van der Waals surface area contributed by atoms with Crippen molar-refractivity contribution in [1.82, 2.24) is 9.80 Å². The lowest BCUT2D eigenvalue weighted by atomic mass is 9.86. The second-order valence-electron chi connectivity index (χ2n) is 8.89. The molecule has 0 aromatic heterocycles. The van der Waals surface area contributed by atoms with Crippen LogP contribution in [0.3, 0.4) is 0 Å². The largest absolute Gasteiger partial charge is 0.444 e. The highest BCUT2D eigenvalue weighted by Gasteiger charge is 2.46. The molecule has 0 N–H and O–H groups in total. The van der Waals surface area contributed by atoms with E-state index < -0.39 is 16.7 Å². The molecule has 0 spiro atoms. The molecule has 0 aromatic rings. The monoisotopic (exact) mass is 366 g/mol. The van der Waals surface area contributed by atoms with Gasteiger partial charge in [-0.3, -0.25) is 4.90 Å². The van der Waals surface area contributed by atoms with E-state index in [0.717, 1.165) is 6.42 Å². The molecule has 1 atom stereocenters. The smallest absolute Gasteiger partial charge is 0.410 e. The maximum Gasteiger partial charge on any atom is 0.410 e. The average molecular weight is 367 g/mol. The van der Waals surface area contributed by atoms with Crippen LogP contribution in [0.25, 0.3) is 0 Å². The molecule has 1 saturated heterocycles. The molecule has 2 amide bonds. The topological polar surface area (TPSA) is 59.1 Å². The van der Waals surface area contributed by atoms with E-state index in [0.29, 0.717) is 32.5 Å². The Morgan fingerprint density at radius 2 is 1.58 bits per heavy atom. The first kappa shape index (κ1) is 22.1. The van der Waals surface area contributed by atoms with Gasteiger partial charge in [-0.15, -0.1) is 12.3 Å². The van der Waals surface area contributed by atoms with Gasteiger partial charge in [-0.05, 0) is 48.0 Å². The third-order valence-corrected chi connectivity index (χ3v) is 4.06. The number of hydrogen-bond acceptors (Lipinski definition) is 4. The molecule has 1 rings (SSSR count). The summed E-state index contributed by atoms with van der Waals surface area (Å²) in [4.78, 5) is 28.7. The first-order valence-corrected chi connectivity index (χ1v) is 9.25. The minimum atomic E-state index is -0.638. The molecule has 0 saturated carbocycles. The van der Waals surface area contributed by atoms with Gasteiger partial charge in [-0.1, -0.05) is 13.3 Å². The first-order valence-electron chi connectivity index (χ1n) is 9.25. The Balaban J connectivity index is 3.09. The molecule has 148 valence electrons. The van der Waals surface area contributed by atoms with Crippen molar-refractivity contribution < 1.29 is 19.1 Å².